The van der Waals surface area contributed by atoms with Crippen LogP contribution in [0.1, 0.15) is 18.7 Å². The van der Waals surface area contributed by atoms with Crippen LogP contribution in [0.2, 0.25) is 5.02 Å². The third-order valence-electron chi connectivity index (χ3n) is 3.65. The highest BCUT2D eigenvalue weighted by Crippen LogP contribution is 2.25. The molecule has 0 radical (unpaired) electrons. The van der Waals surface area contributed by atoms with Crippen molar-refractivity contribution in [1.82, 2.24) is 4.57 Å². The van der Waals surface area contributed by atoms with Crippen LogP contribution < -0.4 is 11.3 Å². The minimum atomic E-state index is -1.04. The Hall–Kier alpha value is -2.24. The van der Waals surface area contributed by atoms with E-state index in [0.717, 1.165) is 12.1 Å². The first-order valence-corrected chi connectivity index (χ1v) is 7.33. The van der Waals surface area contributed by atoms with Crippen molar-refractivity contribution in [3.63, 3.8) is 0 Å². The maximum Gasteiger partial charge on any atom is 0.264 e. The van der Waals surface area contributed by atoms with Gasteiger partial charge in [-0.2, -0.15) is 0 Å². The van der Waals surface area contributed by atoms with Crippen molar-refractivity contribution in [1.29, 1.82) is 0 Å². The highest BCUT2D eigenvalue weighted by Gasteiger charge is 2.16. The quantitative estimate of drug-likeness (QED) is 0.771. The fourth-order valence-electron chi connectivity index (χ4n) is 2.57. The molecule has 1 atom stereocenters. The van der Waals surface area contributed by atoms with Gasteiger partial charge in [0.05, 0.1) is 16.1 Å². The SMILES string of the molecule is CC(N)c1cc2cccc(Cl)c2c(=O)n1-c1ccc(F)c(F)c1. The zero-order valence-electron chi connectivity index (χ0n) is 12.2. The normalized spacial score (nSPS) is 12.6. The van der Waals surface area contributed by atoms with Gasteiger partial charge in [0.2, 0.25) is 0 Å². The Kier molecular flexibility index (Phi) is 3.92. The summed E-state index contributed by atoms with van der Waals surface area (Å²) in [5, 5.41) is 1.25. The molecule has 6 heteroatoms. The average molecular weight is 335 g/mol. The molecule has 0 saturated carbocycles. The number of nitrogens with zero attached hydrogens (tertiary/aromatic N) is 1. The highest BCUT2D eigenvalue weighted by atomic mass is 35.5. The van der Waals surface area contributed by atoms with E-state index in [4.69, 9.17) is 17.3 Å². The molecule has 0 spiro atoms. The van der Waals surface area contributed by atoms with Crippen LogP contribution in [0.5, 0.6) is 0 Å². The number of hydrogen-bond donors (Lipinski definition) is 1. The summed E-state index contributed by atoms with van der Waals surface area (Å²) < 4.78 is 28.0. The number of nitrogens with two attached hydrogens (primary N) is 1. The van der Waals surface area contributed by atoms with E-state index in [-0.39, 0.29) is 5.69 Å². The van der Waals surface area contributed by atoms with Gasteiger partial charge in [-0.05, 0) is 36.6 Å². The molecule has 3 nitrogen and oxygen atoms in total. The van der Waals surface area contributed by atoms with Gasteiger partial charge < -0.3 is 5.73 Å². The summed E-state index contributed by atoms with van der Waals surface area (Å²) in [4.78, 5) is 12.9. The number of fused-ring (bicyclic) bond motifs is 1. The van der Waals surface area contributed by atoms with Crippen LogP contribution in [-0.2, 0) is 0 Å². The largest absolute Gasteiger partial charge is 0.323 e. The van der Waals surface area contributed by atoms with Crippen LogP contribution in [-0.4, -0.2) is 4.57 Å². The number of benzene rings is 2. The van der Waals surface area contributed by atoms with Gasteiger partial charge in [-0.25, -0.2) is 8.78 Å². The number of halogens is 3. The summed E-state index contributed by atoms with van der Waals surface area (Å²) in [5.74, 6) is -2.02. The van der Waals surface area contributed by atoms with Gasteiger partial charge in [0.1, 0.15) is 0 Å². The third-order valence-corrected chi connectivity index (χ3v) is 3.97. The molecule has 0 aliphatic heterocycles. The van der Waals surface area contributed by atoms with E-state index in [9.17, 15) is 13.6 Å². The summed E-state index contributed by atoms with van der Waals surface area (Å²) in [7, 11) is 0. The topological polar surface area (TPSA) is 48.0 Å². The van der Waals surface area contributed by atoms with Crippen molar-refractivity contribution in [2.75, 3.05) is 0 Å². The van der Waals surface area contributed by atoms with Crippen LogP contribution in [0.25, 0.3) is 16.5 Å². The monoisotopic (exact) mass is 334 g/mol. The minimum absolute atomic E-state index is 0.197. The second kappa shape index (κ2) is 5.76. The molecule has 0 fully saturated rings. The zero-order chi connectivity index (χ0) is 16.7. The molecule has 2 aromatic carbocycles. The van der Waals surface area contributed by atoms with Crippen molar-refractivity contribution in [3.05, 3.63) is 75.2 Å². The summed E-state index contributed by atoms with van der Waals surface area (Å²) in [5.41, 5.74) is 6.21. The lowest BCUT2D eigenvalue weighted by atomic mass is 10.1. The van der Waals surface area contributed by atoms with Crippen molar-refractivity contribution >= 4 is 22.4 Å². The van der Waals surface area contributed by atoms with Gasteiger partial charge in [0, 0.05) is 17.8 Å². The molecule has 0 saturated heterocycles. The molecular weight excluding hydrogens is 322 g/mol. The molecule has 3 rings (SSSR count). The van der Waals surface area contributed by atoms with Crippen LogP contribution in [0.4, 0.5) is 8.78 Å². The van der Waals surface area contributed by atoms with Crippen molar-refractivity contribution in [2.45, 2.75) is 13.0 Å². The summed E-state index contributed by atoms with van der Waals surface area (Å²) >= 11 is 6.13. The van der Waals surface area contributed by atoms with E-state index in [2.05, 4.69) is 0 Å². The Balaban J connectivity index is 2.44. The van der Waals surface area contributed by atoms with E-state index in [0.29, 0.717) is 21.5 Å². The first-order chi connectivity index (χ1) is 10.9. The molecule has 1 aromatic heterocycles. The second-order valence-electron chi connectivity index (χ2n) is 5.30. The number of rotatable bonds is 2. The predicted octanol–water partition coefficient (Wildman–Crippen LogP) is 3.94. The molecule has 0 amide bonds. The molecule has 118 valence electrons. The molecule has 0 aliphatic rings. The molecule has 3 aromatic rings. The summed E-state index contributed by atoms with van der Waals surface area (Å²) in [6.45, 7) is 1.71. The highest BCUT2D eigenvalue weighted by molar-refractivity contribution is 6.35. The Morgan fingerprint density at radius 2 is 1.87 bits per heavy atom. The molecule has 0 bridgehead atoms. The number of hydrogen-bond acceptors (Lipinski definition) is 2. The van der Waals surface area contributed by atoms with Crippen molar-refractivity contribution < 1.29 is 8.78 Å². The number of pyridine rings is 1. The molecule has 23 heavy (non-hydrogen) atoms. The van der Waals surface area contributed by atoms with Crippen molar-refractivity contribution in [2.24, 2.45) is 5.73 Å². The van der Waals surface area contributed by atoms with Gasteiger partial charge in [-0.15, -0.1) is 0 Å². The molecule has 0 aliphatic carbocycles. The van der Waals surface area contributed by atoms with Gasteiger partial charge >= 0.3 is 0 Å². The average Bonchev–Trinajstić information content (AvgIpc) is 2.50. The molecular formula is C17H13ClF2N2O. The van der Waals surface area contributed by atoms with Gasteiger partial charge in [0.25, 0.3) is 5.56 Å². The van der Waals surface area contributed by atoms with Gasteiger partial charge in [-0.1, -0.05) is 23.7 Å². The van der Waals surface area contributed by atoms with Crippen LogP contribution in [0, 0.1) is 11.6 Å². The maximum atomic E-state index is 13.6. The molecule has 1 unspecified atom stereocenters. The minimum Gasteiger partial charge on any atom is -0.323 e. The van der Waals surface area contributed by atoms with Crippen LogP contribution in [0.15, 0.2) is 47.3 Å². The lowest BCUT2D eigenvalue weighted by molar-refractivity contribution is 0.507. The fourth-order valence-corrected chi connectivity index (χ4v) is 2.83. The first kappa shape index (κ1) is 15.6. The molecule has 1 heterocycles. The summed E-state index contributed by atoms with van der Waals surface area (Å²) in [6, 6.07) is 9.60. The standard InChI is InChI=1S/C17H13ClF2N2O/c1-9(21)15-7-10-3-2-4-12(18)16(10)17(23)22(15)11-5-6-13(19)14(20)8-11/h2-9H,21H2,1H3. The third kappa shape index (κ3) is 2.62. The number of aromatic nitrogens is 1. The van der Waals surface area contributed by atoms with Crippen molar-refractivity contribution in [3.8, 4) is 5.69 Å². The lowest BCUT2D eigenvalue weighted by Crippen LogP contribution is -2.26. The first-order valence-electron chi connectivity index (χ1n) is 6.95. The van der Waals surface area contributed by atoms with E-state index in [1.54, 1.807) is 31.2 Å². The zero-order valence-corrected chi connectivity index (χ0v) is 12.9. The van der Waals surface area contributed by atoms with Crippen LogP contribution >= 0.6 is 11.6 Å². The van der Waals surface area contributed by atoms with E-state index in [1.165, 1.54) is 10.6 Å². The van der Waals surface area contributed by atoms with Gasteiger partial charge in [-0.3, -0.25) is 9.36 Å². The fraction of sp³-hybridized carbons (Fsp3) is 0.118. The van der Waals surface area contributed by atoms with E-state index >= 15 is 0 Å². The Bertz CT molecular complexity index is 967. The maximum absolute atomic E-state index is 13.6. The smallest absolute Gasteiger partial charge is 0.264 e. The molecule has 2 N–H and O–H groups in total. The van der Waals surface area contributed by atoms with E-state index < -0.39 is 23.2 Å². The second-order valence-corrected chi connectivity index (χ2v) is 5.71. The summed E-state index contributed by atoms with van der Waals surface area (Å²) in [6.07, 6.45) is 0. The van der Waals surface area contributed by atoms with E-state index in [1.807, 2.05) is 0 Å². The Morgan fingerprint density at radius 3 is 2.52 bits per heavy atom. The van der Waals surface area contributed by atoms with Crippen LogP contribution in [0.3, 0.4) is 0 Å². The Labute approximate surface area is 135 Å². The van der Waals surface area contributed by atoms with Gasteiger partial charge in [0.15, 0.2) is 11.6 Å². The predicted molar refractivity (Wildman–Crippen MR) is 87.1 cm³/mol. The lowest BCUT2D eigenvalue weighted by Gasteiger charge is -2.17. The Morgan fingerprint density at radius 1 is 1.13 bits per heavy atom.